The highest BCUT2D eigenvalue weighted by molar-refractivity contribution is 5.85. The summed E-state index contributed by atoms with van der Waals surface area (Å²) in [7, 11) is 0. The molecule has 140 valence electrons. The maximum Gasteiger partial charge on any atom is 0.233 e. The quantitative estimate of drug-likeness (QED) is 0.750. The van der Waals surface area contributed by atoms with Crippen LogP contribution in [0.25, 0.3) is 16.6 Å². The molecule has 5 heteroatoms. The van der Waals surface area contributed by atoms with Gasteiger partial charge in [-0.1, -0.05) is 24.3 Å². The highest BCUT2D eigenvalue weighted by Crippen LogP contribution is 2.27. The maximum absolute atomic E-state index is 11.5. The van der Waals surface area contributed by atoms with E-state index in [1.165, 1.54) is 27.8 Å². The number of nitrogens with two attached hydrogens (primary N) is 1. The van der Waals surface area contributed by atoms with Crippen molar-refractivity contribution in [1.29, 1.82) is 0 Å². The number of hydrogen-bond donors (Lipinski definition) is 2. The maximum atomic E-state index is 11.5. The van der Waals surface area contributed by atoms with Gasteiger partial charge in [0.15, 0.2) is 0 Å². The normalized spacial score (nSPS) is 15.3. The van der Waals surface area contributed by atoms with Crippen LogP contribution in [0.5, 0.6) is 0 Å². The standard InChI is InChI=1S/C22H26N4O/c1-16-4-2-5-17-8-13-26(22(16)17)20-7-3-6-19(14-20)25-11-9-18(10-12-25)24-21(27)15-23/h2-8,13-14,18H,9-12,15,23H2,1H3,(H,24,27). The van der Waals surface area contributed by atoms with Crippen LogP contribution in [-0.4, -0.2) is 36.2 Å². The van der Waals surface area contributed by atoms with E-state index in [-0.39, 0.29) is 18.5 Å². The minimum absolute atomic E-state index is 0.0620. The molecule has 1 aliphatic heterocycles. The van der Waals surface area contributed by atoms with Crippen molar-refractivity contribution in [1.82, 2.24) is 9.88 Å². The second kappa shape index (κ2) is 7.45. The van der Waals surface area contributed by atoms with E-state index in [1.807, 2.05) is 0 Å². The Bertz CT molecular complexity index is 954. The third-order valence-corrected chi connectivity index (χ3v) is 5.43. The van der Waals surface area contributed by atoms with Gasteiger partial charge >= 0.3 is 0 Å². The van der Waals surface area contributed by atoms with Crippen molar-refractivity contribution in [2.24, 2.45) is 5.73 Å². The predicted octanol–water partition coefficient (Wildman–Crippen LogP) is 2.98. The summed E-state index contributed by atoms with van der Waals surface area (Å²) in [5.74, 6) is -0.0645. The zero-order chi connectivity index (χ0) is 18.8. The van der Waals surface area contributed by atoms with E-state index < -0.39 is 0 Å². The molecule has 1 aromatic heterocycles. The van der Waals surface area contributed by atoms with E-state index >= 15 is 0 Å². The van der Waals surface area contributed by atoms with E-state index in [4.69, 9.17) is 5.73 Å². The van der Waals surface area contributed by atoms with Gasteiger partial charge in [-0.25, -0.2) is 0 Å². The van der Waals surface area contributed by atoms with E-state index in [0.717, 1.165) is 25.9 Å². The summed E-state index contributed by atoms with van der Waals surface area (Å²) in [6.45, 7) is 4.09. The Morgan fingerprint density at radius 3 is 2.63 bits per heavy atom. The Morgan fingerprint density at radius 2 is 1.85 bits per heavy atom. The number of carbonyl (C=O) groups excluding carboxylic acids is 1. The van der Waals surface area contributed by atoms with Crippen molar-refractivity contribution in [2.75, 3.05) is 24.5 Å². The van der Waals surface area contributed by atoms with Gasteiger partial charge in [0.05, 0.1) is 12.1 Å². The van der Waals surface area contributed by atoms with Crippen LogP contribution in [0.4, 0.5) is 5.69 Å². The highest BCUT2D eigenvalue weighted by atomic mass is 16.1. The number of para-hydroxylation sites is 1. The van der Waals surface area contributed by atoms with Gasteiger partial charge in [0.2, 0.25) is 5.91 Å². The molecule has 0 saturated carbocycles. The fraction of sp³-hybridized carbons (Fsp3) is 0.318. The Morgan fingerprint density at radius 1 is 1.11 bits per heavy atom. The van der Waals surface area contributed by atoms with Gasteiger partial charge < -0.3 is 20.5 Å². The molecule has 0 bridgehead atoms. The molecule has 1 saturated heterocycles. The SMILES string of the molecule is Cc1cccc2ccn(-c3cccc(N4CCC(NC(=O)CN)CC4)c3)c12. The van der Waals surface area contributed by atoms with Gasteiger partial charge in [0.1, 0.15) is 0 Å². The first-order valence-electron chi connectivity index (χ1n) is 9.57. The average Bonchev–Trinajstić information content (AvgIpc) is 3.14. The Labute approximate surface area is 159 Å². The lowest BCUT2D eigenvalue weighted by Crippen LogP contribution is -2.46. The third kappa shape index (κ3) is 3.55. The lowest BCUT2D eigenvalue weighted by molar-refractivity contribution is -0.120. The molecular weight excluding hydrogens is 336 g/mol. The Hall–Kier alpha value is -2.79. The van der Waals surface area contributed by atoms with Crippen molar-refractivity contribution in [3.05, 3.63) is 60.3 Å². The summed E-state index contributed by atoms with van der Waals surface area (Å²) in [5.41, 5.74) is 10.3. The molecule has 2 aromatic carbocycles. The molecule has 0 aliphatic carbocycles. The first-order chi connectivity index (χ1) is 13.2. The summed E-state index contributed by atoms with van der Waals surface area (Å²) in [6.07, 6.45) is 4.04. The smallest absolute Gasteiger partial charge is 0.233 e. The molecule has 5 nitrogen and oxygen atoms in total. The molecule has 2 heterocycles. The number of amides is 1. The van der Waals surface area contributed by atoms with Crippen molar-refractivity contribution in [3.8, 4) is 5.69 Å². The summed E-state index contributed by atoms with van der Waals surface area (Å²) >= 11 is 0. The minimum Gasteiger partial charge on any atom is -0.371 e. The molecule has 1 aliphatic rings. The number of benzene rings is 2. The largest absolute Gasteiger partial charge is 0.371 e. The van der Waals surface area contributed by atoms with Gasteiger partial charge in [-0.3, -0.25) is 4.79 Å². The van der Waals surface area contributed by atoms with Crippen molar-refractivity contribution in [2.45, 2.75) is 25.8 Å². The molecule has 3 aromatic rings. The van der Waals surface area contributed by atoms with E-state index in [9.17, 15) is 4.79 Å². The van der Waals surface area contributed by atoms with Crippen LogP contribution in [0.1, 0.15) is 18.4 Å². The molecule has 0 unspecified atom stereocenters. The van der Waals surface area contributed by atoms with Gasteiger partial charge in [-0.2, -0.15) is 0 Å². The minimum atomic E-state index is -0.0645. The number of carbonyl (C=O) groups is 1. The number of anilines is 1. The number of piperidine rings is 1. The lowest BCUT2D eigenvalue weighted by atomic mass is 10.0. The van der Waals surface area contributed by atoms with E-state index in [0.29, 0.717) is 0 Å². The number of nitrogens with one attached hydrogen (secondary N) is 1. The van der Waals surface area contributed by atoms with Crippen LogP contribution in [0, 0.1) is 6.92 Å². The number of rotatable bonds is 4. The monoisotopic (exact) mass is 362 g/mol. The molecule has 0 atom stereocenters. The molecule has 1 fully saturated rings. The van der Waals surface area contributed by atoms with Gasteiger partial charge in [0.25, 0.3) is 0 Å². The number of aromatic nitrogens is 1. The van der Waals surface area contributed by atoms with Gasteiger partial charge in [0, 0.05) is 42.1 Å². The zero-order valence-electron chi connectivity index (χ0n) is 15.7. The predicted molar refractivity (Wildman–Crippen MR) is 110 cm³/mol. The van der Waals surface area contributed by atoms with Crippen LogP contribution in [0.3, 0.4) is 0 Å². The molecule has 0 radical (unpaired) electrons. The van der Waals surface area contributed by atoms with Crippen molar-refractivity contribution >= 4 is 22.5 Å². The molecular formula is C22H26N4O. The molecule has 4 rings (SSSR count). The number of aryl methyl sites for hydroxylation is 1. The van der Waals surface area contributed by atoms with E-state index in [2.05, 4.69) is 76.4 Å². The van der Waals surface area contributed by atoms with Crippen molar-refractivity contribution < 1.29 is 4.79 Å². The molecule has 27 heavy (non-hydrogen) atoms. The van der Waals surface area contributed by atoms with E-state index in [1.54, 1.807) is 0 Å². The van der Waals surface area contributed by atoms with Crippen LogP contribution in [0.15, 0.2) is 54.7 Å². The second-order valence-electron chi connectivity index (χ2n) is 7.25. The second-order valence-corrected chi connectivity index (χ2v) is 7.25. The lowest BCUT2D eigenvalue weighted by Gasteiger charge is -2.34. The summed E-state index contributed by atoms with van der Waals surface area (Å²) in [5, 5.41) is 4.27. The molecule has 0 spiro atoms. The Balaban J connectivity index is 1.54. The fourth-order valence-electron chi connectivity index (χ4n) is 4.00. The van der Waals surface area contributed by atoms with Crippen LogP contribution in [0.2, 0.25) is 0 Å². The zero-order valence-corrected chi connectivity index (χ0v) is 15.7. The molecule has 1 amide bonds. The number of hydrogen-bond acceptors (Lipinski definition) is 3. The van der Waals surface area contributed by atoms with Gasteiger partial charge in [-0.05, 0) is 49.6 Å². The number of nitrogens with zero attached hydrogens (tertiary/aromatic N) is 2. The van der Waals surface area contributed by atoms with Crippen LogP contribution < -0.4 is 16.0 Å². The van der Waals surface area contributed by atoms with Crippen LogP contribution >= 0.6 is 0 Å². The summed E-state index contributed by atoms with van der Waals surface area (Å²) < 4.78 is 2.27. The van der Waals surface area contributed by atoms with Crippen LogP contribution in [-0.2, 0) is 4.79 Å². The summed E-state index contributed by atoms with van der Waals surface area (Å²) in [4.78, 5) is 13.9. The Kier molecular flexibility index (Phi) is 4.86. The topological polar surface area (TPSA) is 63.3 Å². The molecule has 3 N–H and O–H groups in total. The highest BCUT2D eigenvalue weighted by Gasteiger charge is 2.20. The summed E-state index contributed by atoms with van der Waals surface area (Å²) in [6, 6.07) is 17.5. The van der Waals surface area contributed by atoms with Gasteiger partial charge in [-0.15, -0.1) is 0 Å². The first-order valence-corrected chi connectivity index (χ1v) is 9.57. The average molecular weight is 362 g/mol. The first kappa shape index (κ1) is 17.6. The van der Waals surface area contributed by atoms with Crippen molar-refractivity contribution in [3.63, 3.8) is 0 Å². The number of fused-ring (bicyclic) bond motifs is 1. The fourth-order valence-corrected chi connectivity index (χ4v) is 4.00. The third-order valence-electron chi connectivity index (χ3n) is 5.43.